The van der Waals surface area contributed by atoms with E-state index < -0.39 is 6.10 Å². The Kier molecular flexibility index (Phi) is 6.13. The summed E-state index contributed by atoms with van der Waals surface area (Å²) in [6, 6.07) is 3.57. The summed E-state index contributed by atoms with van der Waals surface area (Å²) in [5, 5.41) is 26.4. The summed E-state index contributed by atoms with van der Waals surface area (Å²) in [5.41, 5.74) is 1.59. The molecule has 0 bridgehead atoms. The van der Waals surface area contributed by atoms with Crippen molar-refractivity contribution in [1.82, 2.24) is 20.7 Å². The summed E-state index contributed by atoms with van der Waals surface area (Å²) in [7, 11) is 0. The highest BCUT2D eigenvalue weighted by Crippen LogP contribution is 2.34. The van der Waals surface area contributed by atoms with Crippen LogP contribution >= 0.6 is 0 Å². The monoisotopic (exact) mass is 389 g/mol. The Morgan fingerprint density at radius 3 is 2.82 bits per heavy atom. The molecule has 2 heterocycles. The van der Waals surface area contributed by atoms with Gasteiger partial charge in [-0.2, -0.15) is 5.10 Å². The van der Waals surface area contributed by atoms with Crippen molar-refractivity contribution in [3.05, 3.63) is 29.3 Å². The van der Waals surface area contributed by atoms with Crippen molar-refractivity contribution in [2.75, 3.05) is 5.32 Å². The maximum Gasteiger partial charge on any atom is 0.249 e. The zero-order valence-corrected chi connectivity index (χ0v) is 16.4. The van der Waals surface area contributed by atoms with E-state index in [1.54, 1.807) is 13.0 Å². The van der Waals surface area contributed by atoms with Gasteiger partial charge in [-0.25, -0.2) is 0 Å². The van der Waals surface area contributed by atoms with Crippen LogP contribution in [0.3, 0.4) is 0 Å². The second-order valence-corrected chi connectivity index (χ2v) is 7.77. The topological polar surface area (TPSA) is 133 Å². The van der Waals surface area contributed by atoms with Crippen LogP contribution in [0, 0.1) is 12.8 Å². The van der Waals surface area contributed by atoms with Crippen LogP contribution in [0.2, 0.25) is 0 Å². The van der Waals surface area contributed by atoms with Crippen molar-refractivity contribution in [3.63, 3.8) is 0 Å². The van der Waals surface area contributed by atoms with Crippen molar-refractivity contribution in [3.8, 4) is 0 Å². The normalized spacial score (nSPS) is 20.3. The molecule has 1 aliphatic carbocycles. The number of aliphatic hydroxyl groups is 1. The Morgan fingerprint density at radius 1 is 1.36 bits per heavy atom. The first-order valence-electron chi connectivity index (χ1n) is 9.57. The fourth-order valence-corrected chi connectivity index (χ4v) is 3.43. The number of rotatable bonds is 7. The molecule has 28 heavy (non-hydrogen) atoms. The third-order valence-electron chi connectivity index (χ3n) is 4.98. The first kappa shape index (κ1) is 20.1. The number of amides is 2. The van der Waals surface area contributed by atoms with Crippen LogP contribution in [0.5, 0.6) is 0 Å². The smallest absolute Gasteiger partial charge is 0.249 e. The maximum absolute atomic E-state index is 12.1. The Hall–Kier alpha value is -2.68. The van der Waals surface area contributed by atoms with Gasteiger partial charge in [0.15, 0.2) is 0 Å². The molecule has 0 unspecified atom stereocenters. The number of nitrogens with one attached hydrogen (secondary N) is 3. The van der Waals surface area contributed by atoms with Crippen molar-refractivity contribution >= 4 is 17.6 Å². The third kappa shape index (κ3) is 4.98. The lowest BCUT2D eigenvalue weighted by atomic mass is 10.0. The van der Waals surface area contributed by atoms with Gasteiger partial charge in [0, 0.05) is 24.1 Å². The maximum atomic E-state index is 12.1. The summed E-state index contributed by atoms with van der Waals surface area (Å²) >= 11 is 0. The quantitative estimate of drug-likeness (QED) is 0.569. The lowest BCUT2D eigenvalue weighted by molar-refractivity contribution is -0.132. The van der Waals surface area contributed by atoms with E-state index in [4.69, 9.17) is 4.52 Å². The molecule has 1 fully saturated rings. The number of aromatic nitrogens is 3. The van der Waals surface area contributed by atoms with Crippen LogP contribution in [-0.4, -0.2) is 44.4 Å². The zero-order chi connectivity index (χ0) is 20.3. The number of hydrogen-bond acceptors (Lipinski definition) is 6. The number of aryl methyl sites for hydroxylation is 1. The standard InChI is InChI=1S/C19H27N5O4/c1-10(2)18(26)19(27)20-13-5-4-12(7-13)15-9-16(23-22-15)21-17(25)8-14-6-11(3)24-28-14/h6,9-10,12-13,18,26H,4-5,7-8H2,1-3H3,(H,20,27)(H2,21,22,23,25)/t12-,13+,18+/m0/s1. The highest BCUT2D eigenvalue weighted by molar-refractivity contribution is 5.91. The van der Waals surface area contributed by atoms with E-state index >= 15 is 0 Å². The van der Waals surface area contributed by atoms with Gasteiger partial charge >= 0.3 is 0 Å². The van der Waals surface area contributed by atoms with Crippen LogP contribution < -0.4 is 10.6 Å². The SMILES string of the molecule is Cc1cc(CC(=O)Nc2cc([C@H]3CC[C@@H](NC(=O)[C@H](O)C(C)C)C3)n[nH]2)on1. The van der Waals surface area contributed by atoms with Gasteiger partial charge in [0.25, 0.3) is 0 Å². The number of anilines is 1. The van der Waals surface area contributed by atoms with E-state index in [0.717, 1.165) is 30.7 Å². The van der Waals surface area contributed by atoms with Crippen LogP contribution in [0.1, 0.15) is 56.2 Å². The first-order valence-corrected chi connectivity index (χ1v) is 9.57. The summed E-state index contributed by atoms with van der Waals surface area (Å²) in [6.07, 6.45) is 1.59. The molecule has 2 amide bonds. The van der Waals surface area contributed by atoms with Gasteiger partial charge in [-0.3, -0.25) is 14.7 Å². The molecule has 2 aromatic rings. The average Bonchev–Trinajstić information content (AvgIpc) is 3.36. The van der Waals surface area contributed by atoms with Gasteiger partial charge in [0.1, 0.15) is 17.7 Å². The molecular weight excluding hydrogens is 362 g/mol. The molecule has 9 nitrogen and oxygen atoms in total. The third-order valence-corrected chi connectivity index (χ3v) is 4.98. The Balaban J connectivity index is 1.50. The number of carbonyl (C=O) groups is 2. The molecule has 1 aliphatic rings. The number of aliphatic hydroxyl groups excluding tert-OH is 1. The van der Waals surface area contributed by atoms with Gasteiger partial charge in [0.2, 0.25) is 11.8 Å². The average molecular weight is 389 g/mol. The molecule has 2 aromatic heterocycles. The van der Waals surface area contributed by atoms with Crippen LogP contribution in [0.15, 0.2) is 16.7 Å². The Labute approximate surface area is 163 Å². The van der Waals surface area contributed by atoms with E-state index in [1.165, 1.54) is 0 Å². The van der Waals surface area contributed by atoms with E-state index in [-0.39, 0.29) is 36.1 Å². The zero-order valence-electron chi connectivity index (χ0n) is 16.4. The highest BCUT2D eigenvalue weighted by Gasteiger charge is 2.30. The number of H-pyrrole nitrogens is 1. The summed E-state index contributed by atoms with van der Waals surface area (Å²) in [4.78, 5) is 24.1. The molecular formula is C19H27N5O4. The lowest BCUT2D eigenvalue weighted by Gasteiger charge is -2.18. The predicted octanol–water partition coefficient (Wildman–Crippen LogP) is 1.66. The predicted molar refractivity (Wildman–Crippen MR) is 102 cm³/mol. The summed E-state index contributed by atoms with van der Waals surface area (Å²) in [6.45, 7) is 5.42. The van der Waals surface area contributed by atoms with Gasteiger partial charge in [0.05, 0.1) is 17.8 Å². The molecule has 0 spiro atoms. The van der Waals surface area contributed by atoms with Gasteiger partial charge in [-0.05, 0) is 32.1 Å². The minimum atomic E-state index is -0.987. The van der Waals surface area contributed by atoms with Crippen molar-refractivity contribution in [2.45, 2.75) is 64.5 Å². The Morgan fingerprint density at radius 2 is 2.14 bits per heavy atom. The van der Waals surface area contributed by atoms with Crippen molar-refractivity contribution in [2.24, 2.45) is 5.92 Å². The van der Waals surface area contributed by atoms with Crippen LogP contribution in [-0.2, 0) is 16.0 Å². The van der Waals surface area contributed by atoms with Crippen molar-refractivity contribution < 1.29 is 19.2 Å². The molecule has 152 valence electrons. The lowest BCUT2D eigenvalue weighted by Crippen LogP contribution is -2.42. The second kappa shape index (κ2) is 8.55. The van der Waals surface area contributed by atoms with Crippen LogP contribution in [0.4, 0.5) is 5.82 Å². The van der Waals surface area contributed by atoms with Gasteiger partial charge < -0.3 is 20.3 Å². The molecule has 9 heteroatoms. The van der Waals surface area contributed by atoms with E-state index in [9.17, 15) is 14.7 Å². The molecule has 0 aromatic carbocycles. The van der Waals surface area contributed by atoms with Gasteiger partial charge in [-0.1, -0.05) is 19.0 Å². The fraction of sp³-hybridized carbons (Fsp3) is 0.579. The molecule has 0 saturated heterocycles. The molecule has 1 saturated carbocycles. The minimum Gasteiger partial charge on any atom is -0.383 e. The van der Waals surface area contributed by atoms with E-state index in [0.29, 0.717) is 11.6 Å². The highest BCUT2D eigenvalue weighted by atomic mass is 16.5. The largest absolute Gasteiger partial charge is 0.383 e. The minimum absolute atomic E-state index is 0.0235. The molecule has 4 N–H and O–H groups in total. The van der Waals surface area contributed by atoms with Crippen molar-refractivity contribution in [1.29, 1.82) is 0 Å². The Bertz CT molecular complexity index is 828. The van der Waals surface area contributed by atoms with E-state index in [2.05, 4.69) is 26.0 Å². The number of nitrogens with zero attached hydrogens (tertiary/aromatic N) is 2. The number of aromatic amines is 1. The second-order valence-electron chi connectivity index (χ2n) is 7.77. The fourth-order valence-electron chi connectivity index (χ4n) is 3.43. The van der Waals surface area contributed by atoms with Gasteiger partial charge in [-0.15, -0.1) is 0 Å². The number of hydrogen-bond donors (Lipinski definition) is 4. The number of carbonyl (C=O) groups excluding carboxylic acids is 2. The molecule has 3 rings (SSSR count). The summed E-state index contributed by atoms with van der Waals surface area (Å²) < 4.78 is 5.05. The molecule has 0 radical (unpaired) electrons. The molecule has 0 aliphatic heterocycles. The van der Waals surface area contributed by atoms with E-state index in [1.807, 2.05) is 19.9 Å². The van der Waals surface area contributed by atoms with Crippen LogP contribution in [0.25, 0.3) is 0 Å². The first-order chi connectivity index (χ1) is 13.3. The summed E-state index contributed by atoms with van der Waals surface area (Å²) in [5.74, 6) is 0.575. The molecule has 3 atom stereocenters.